The number of imidazole rings is 1. The van der Waals surface area contributed by atoms with E-state index in [9.17, 15) is 4.79 Å². The van der Waals surface area contributed by atoms with E-state index >= 15 is 0 Å². The van der Waals surface area contributed by atoms with Gasteiger partial charge in [-0.1, -0.05) is 12.2 Å². The molecule has 0 saturated carbocycles. The number of aryl methyl sites for hydroxylation is 1. The number of fused-ring (bicyclic) bond motifs is 1. The molecule has 1 aliphatic heterocycles. The van der Waals surface area contributed by atoms with Gasteiger partial charge in [0.1, 0.15) is 0 Å². The Hall–Kier alpha value is -2.70. The van der Waals surface area contributed by atoms with E-state index in [0.29, 0.717) is 25.7 Å². The van der Waals surface area contributed by atoms with Crippen LogP contribution in [0, 0.1) is 18.8 Å². The molecule has 0 fully saturated rings. The number of nitrogens with zero attached hydrogens (tertiary/aromatic N) is 5. The highest BCUT2D eigenvalue weighted by molar-refractivity contribution is 5.79. The number of carbonyl (C=O) groups is 1. The van der Waals surface area contributed by atoms with Gasteiger partial charge in [0.05, 0.1) is 25.2 Å². The zero-order valence-corrected chi connectivity index (χ0v) is 14.9. The van der Waals surface area contributed by atoms with Crippen molar-refractivity contribution in [3.05, 3.63) is 48.3 Å². The number of hydrogen-bond donors (Lipinski definition) is 0. The van der Waals surface area contributed by atoms with Crippen molar-refractivity contribution in [2.45, 2.75) is 32.9 Å². The van der Waals surface area contributed by atoms with Crippen LogP contribution >= 0.6 is 0 Å². The van der Waals surface area contributed by atoms with Crippen molar-refractivity contribution < 1.29 is 9.53 Å². The Balaban J connectivity index is 1.48. The number of ether oxygens (including phenoxy) is 1. The van der Waals surface area contributed by atoms with Gasteiger partial charge in [0, 0.05) is 43.0 Å². The molecule has 2 aromatic rings. The number of allylic oxidation sites excluding steroid dienone is 2. The Morgan fingerprint density at radius 2 is 2.15 bits per heavy atom. The average Bonchev–Trinajstić information content (AvgIpc) is 3.28. The summed E-state index contributed by atoms with van der Waals surface area (Å²) < 4.78 is 7.94. The molecule has 1 amide bonds. The second kappa shape index (κ2) is 7.27. The molecule has 0 bridgehead atoms. The van der Waals surface area contributed by atoms with Crippen LogP contribution in [0.4, 0.5) is 0 Å². The van der Waals surface area contributed by atoms with Crippen LogP contribution in [0.5, 0.6) is 6.01 Å². The van der Waals surface area contributed by atoms with Crippen molar-refractivity contribution in [2.24, 2.45) is 11.8 Å². The number of amides is 1. The molecular formula is C19H23N5O2. The number of hydrogen-bond acceptors (Lipinski definition) is 5. The molecule has 0 saturated heterocycles. The molecule has 7 nitrogen and oxygen atoms in total. The van der Waals surface area contributed by atoms with Crippen LogP contribution < -0.4 is 4.74 Å². The standard InChI is InChI=1S/C19H23N5O2/c1-14-6-7-21-19(22-14)26-12-15-9-23(18(25)16-4-2-3-5-16)11-17-8-20-13-24(17)10-15/h2-3,6-8,13,15-16H,4-5,9-12H2,1H3. The fourth-order valence-corrected chi connectivity index (χ4v) is 3.59. The first-order chi connectivity index (χ1) is 12.7. The van der Waals surface area contributed by atoms with Crippen LogP contribution in [0.3, 0.4) is 0 Å². The zero-order chi connectivity index (χ0) is 17.9. The van der Waals surface area contributed by atoms with Crippen LogP contribution in [0.25, 0.3) is 0 Å². The third-order valence-corrected chi connectivity index (χ3v) is 4.97. The third kappa shape index (κ3) is 3.61. The molecule has 1 aliphatic carbocycles. The first kappa shape index (κ1) is 16.8. The summed E-state index contributed by atoms with van der Waals surface area (Å²) in [7, 11) is 0. The maximum atomic E-state index is 12.9. The molecule has 0 spiro atoms. The Morgan fingerprint density at radius 1 is 1.31 bits per heavy atom. The minimum Gasteiger partial charge on any atom is -0.463 e. The fourth-order valence-electron chi connectivity index (χ4n) is 3.59. The van der Waals surface area contributed by atoms with Crippen molar-refractivity contribution in [3.8, 4) is 6.01 Å². The van der Waals surface area contributed by atoms with Crippen molar-refractivity contribution >= 4 is 5.91 Å². The van der Waals surface area contributed by atoms with Gasteiger partial charge in [0.15, 0.2) is 0 Å². The summed E-state index contributed by atoms with van der Waals surface area (Å²) in [5, 5.41) is 0. The van der Waals surface area contributed by atoms with Gasteiger partial charge in [-0.25, -0.2) is 15.0 Å². The largest absolute Gasteiger partial charge is 0.463 e. The quantitative estimate of drug-likeness (QED) is 0.786. The van der Waals surface area contributed by atoms with Crippen molar-refractivity contribution in [3.63, 3.8) is 0 Å². The summed E-state index contributed by atoms with van der Waals surface area (Å²) in [6.07, 6.45) is 11.2. The molecule has 0 N–H and O–H groups in total. The monoisotopic (exact) mass is 353 g/mol. The van der Waals surface area contributed by atoms with E-state index < -0.39 is 0 Å². The van der Waals surface area contributed by atoms with E-state index in [-0.39, 0.29) is 17.7 Å². The Bertz CT molecular complexity index is 808. The van der Waals surface area contributed by atoms with E-state index in [4.69, 9.17) is 4.74 Å². The highest BCUT2D eigenvalue weighted by atomic mass is 16.5. The summed E-state index contributed by atoms with van der Waals surface area (Å²) in [5.41, 5.74) is 1.94. The molecule has 3 heterocycles. The number of aromatic nitrogens is 4. The SMILES string of the molecule is Cc1ccnc(OCC2CN(C(=O)C3CC=CC3)Cc3cncn3C2)n1. The predicted octanol–water partition coefficient (Wildman–Crippen LogP) is 1.99. The van der Waals surface area contributed by atoms with Crippen LogP contribution in [-0.2, 0) is 17.9 Å². The van der Waals surface area contributed by atoms with Crippen molar-refractivity contribution in [1.29, 1.82) is 0 Å². The molecule has 2 aromatic heterocycles. The minimum absolute atomic E-state index is 0.0751. The van der Waals surface area contributed by atoms with Gasteiger partial charge in [-0.2, -0.15) is 0 Å². The maximum absolute atomic E-state index is 12.9. The highest BCUT2D eigenvalue weighted by Gasteiger charge is 2.30. The molecule has 7 heteroatoms. The van der Waals surface area contributed by atoms with E-state index in [1.54, 1.807) is 6.20 Å². The maximum Gasteiger partial charge on any atom is 0.316 e. The molecule has 2 aliphatic rings. The molecule has 26 heavy (non-hydrogen) atoms. The zero-order valence-electron chi connectivity index (χ0n) is 14.9. The van der Waals surface area contributed by atoms with Crippen LogP contribution in [0.1, 0.15) is 24.2 Å². The molecule has 1 atom stereocenters. The first-order valence-electron chi connectivity index (χ1n) is 9.04. The lowest BCUT2D eigenvalue weighted by Gasteiger charge is -2.26. The van der Waals surface area contributed by atoms with E-state index in [1.165, 1.54) is 0 Å². The smallest absolute Gasteiger partial charge is 0.316 e. The van der Waals surface area contributed by atoms with Gasteiger partial charge in [-0.15, -0.1) is 0 Å². The first-order valence-corrected chi connectivity index (χ1v) is 9.04. The Labute approximate surface area is 152 Å². The predicted molar refractivity (Wildman–Crippen MR) is 95.3 cm³/mol. The highest BCUT2D eigenvalue weighted by Crippen LogP contribution is 2.24. The lowest BCUT2D eigenvalue weighted by molar-refractivity contribution is -0.136. The molecule has 0 aromatic carbocycles. The summed E-state index contributed by atoms with van der Waals surface area (Å²) in [6.45, 7) is 4.42. The minimum atomic E-state index is 0.0751. The topological polar surface area (TPSA) is 73.1 Å². The third-order valence-electron chi connectivity index (χ3n) is 4.97. The lowest BCUT2D eigenvalue weighted by atomic mass is 10.0. The Kier molecular flexibility index (Phi) is 4.69. The summed E-state index contributed by atoms with van der Waals surface area (Å²) in [6, 6.07) is 2.23. The van der Waals surface area contributed by atoms with E-state index in [2.05, 4.69) is 31.7 Å². The van der Waals surface area contributed by atoms with E-state index in [0.717, 1.165) is 30.8 Å². The second-order valence-electron chi connectivity index (χ2n) is 7.05. The molecule has 136 valence electrons. The van der Waals surface area contributed by atoms with Gasteiger partial charge in [0.25, 0.3) is 0 Å². The molecule has 4 rings (SSSR count). The molecule has 1 unspecified atom stereocenters. The Morgan fingerprint density at radius 3 is 2.96 bits per heavy atom. The average molecular weight is 353 g/mol. The lowest BCUT2D eigenvalue weighted by Crippen LogP contribution is -2.38. The summed E-state index contributed by atoms with van der Waals surface area (Å²) >= 11 is 0. The normalized spacial score (nSPS) is 20.0. The molecular weight excluding hydrogens is 330 g/mol. The van der Waals surface area contributed by atoms with Crippen molar-refractivity contribution in [1.82, 2.24) is 24.4 Å². The van der Waals surface area contributed by atoms with Crippen LogP contribution in [-0.4, -0.2) is 43.5 Å². The van der Waals surface area contributed by atoms with Gasteiger partial charge < -0.3 is 14.2 Å². The van der Waals surface area contributed by atoms with Gasteiger partial charge in [-0.05, 0) is 25.8 Å². The number of carbonyl (C=O) groups excluding carboxylic acids is 1. The van der Waals surface area contributed by atoms with Gasteiger partial charge >= 0.3 is 6.01 Å². The second-order valence-corrected chi connectivity index (χ2v) is 7.05. The molecule has 0 radical (unpaired) electrons. The van der Waals surface area contributed by atoms with E-state index in [1.807, 2.05) is 30.4 Å². The van der Waals surface area contributed by atoms with Gasteiger partial charge in [0.2, 0.25) is 5.91 Å². The fraction of sp³-hybridized carbons (Fsp3) is 0.474. The van der Waals surface area contributed by atoms with Crippen LogP contribution in [0.15, 0.2) is 36.9 Å². The van der Waals surface area contributed by atoms with Gasteiger partial charge in [-0.3, -0.25) is 4.79 Å². The number of rotatable bonds is 4. The van der Waals surface area contributed by atoms with Crippen LogP contribution in [0.2, 0.25) is 0 Å². The summed E-state index contributed by atoms with van der Waals surface area (Å²) in [5.74, 6) is 0.459. The van der Waals surface area contributed by atoms with Crippen molar-refractivity contribution in [2.75, 3.05) is 13.2 Å². The summed E-state index contributed by atoms with van der Waals surface area (Å²) in [4.78, 5) is 27.6.